The molecule has 2 aromatic rings. The van der Waals surface area contributed by atoms with E-state index in [4.69, 9.17) is 5.26 Å². The van der Waals surface area contributed by atoms with E-state index in [1.54, 1.807) is 6.07 Å². The van der Waals surface area contributed by atoms with Gasteiger partial charge in [-0.25, -0.2) is 4.98 Å². The van der Waals surface area contributed by atoms with Crippen molar-refractivity contribution >= 4 is 0 Å². The number of hydrogen-bond donors (Lipinski definition) is 0. The normalized spacial score (nSPS) is 18.2. The summed E-state index contributed by atoms with van der Waals surface area (Å²) in [6, 6.07) is 10.00. The lowest BCUT2D eigenvalue weighted by atomic mass is 9.77. The maximum Gasteiger partial charge on any atom is 0.234 e. The molecule has 0 aliphatic heterocycles. The zero-order valence-electron chi connectivity index (χ0n) is 20.4. The number of nitriles is 1. The van der Waals surface area contributed by atoms with E-state index in [1.807, 2.05) is 12.1 Å². The van der Waals surface area contributed by atoms with E-state index in [1.165, 1.54) is 108 Å². The molecule has 0 spiro atoms. The molecule has 1 saturated carbocycles. The fraction of sp³-hybridized carbons (Fsp3) is 0.621. The van der Waals surface area contributed by atoms with E-state index in [0.717, 1.165) is 11.5 Å². The summed E-state index contributed by atoms with van der Waals surface area (Å²) in [6.45, 7) is 2.28. The molecule has 1 heterocycles. The summed E-state index contributed by atoms with van der Waals surface area (Å²) >= 11 is 0. The molecule has 0 radical (unpaired) electrons. The second-order valence-corrected chi connectivity index (χ2v) is 9.82. The zero-order valence-corrected chi connectivity index (χ0v) is 20.4. The van der Waals surface area contributed by atoms with Gasteiger partial charge in [0.2, 0.25) is 5.95 Å². The van der Waals surface area contributed by atoms with Gasteiger partial charge in [-0.05, 0) is 43.1 Å². The van der Waals surface area contributed by atoms with Crippen molar-refractivity contribution in [3.8, 4) is 17.5 Å². The quantitative estimate of drug-likeness (QED) is 0.227. The predicted octanol–water partition coefficient (Wildman–Crippen LogP) is 8.74. The smallest absolute Gasteiger partial charge is 0.234 e. The Morgan fingerprint density at radius 3 is 2.06 bits per heavy atom. The van der Waals surface area contributed by atoms with Gasteiger partial charge in [-0.3, -0.25) is 0 Å². The molecule has 3 nitrogen and oxygen atoms in total. The maximum atomic E-state index is 13.8. The van der Waals surface area contributed by atoms with Crippen LogP contribution in [0.5, 0.6) is 0 Å². The van der Waals surface area contributed by atoms with Crippen LogP contribution in [0, 0.1) is 23.2 Å². The second-order valence-electron chi connectivity index (χ2n) is 9.82. The van der Waals surface area contributed by atoms with Crippen molar-refractivity contribution in [1.82, 2.24) is 9.97 Å². The van der Waals surface area contributed by atoms with Crippen molar-refractivity contribution in [1.29, 1.82) is 5.26 Å². The Hall–Kier alpha value is -2.28. The Bertz CT molecular complexity index is 863. The molecule has 33 heavy (non-hydrogen) atoms. The third-order valence-corrected chi connectivity index (χ3v) is 7.32. The highest BCUT2D eigenvalue weighted by atomic mass is 19.1. The monoisotopic (exact) mass is 449 g/mol. The summed E-state index contributed by atoms with van der Waals surface area (Å²) in [7, 11) is 0. The first kappa shape index (κ1) is 25.3. The molecule has 0 saturated heterocycles. The van der Waals surface area contributed by atoms with E-state index in [9.17, 15) is 4.39 Å². The van der Waals surface area contributed by atoms with Gasteiger partial charge in [0, 0.05) is 5.56 Å². The van der Waals surface area contributed by atoms with Gasteiger partial charge in [0.15, 0.2) is 5.82 Å². The Morgan fingerprint density at radius 1 is 0.879 bits per heavy atom. The lowest BCUT2D eigenvalue weighted by Crippen LogP contribution is -2.13. The molecule has 1 aliphatic rings. The van der Waals surface area contributed by atoms with E-state index in [2.05, 4.69) is 29.0 Å². The Labute approximate surface area is 199 Å². The number of hydrogen-bond acceptors (Lipinski definition) is 3. The van der Waals surface area contributed by atoms with Crippen molar-refractivity contribution in [2.75, 3.05) is 0 Å². The minimum Gasteiger partial charge on any atom is -0.235 e. The first-order valence-electron chi connectivity index (χ1n) is 13.2. The summed E-state index contributed by atoms with van der Waals surface area (Å²) in [5, 5.41) is 8.83. The number of rotatable bonds is 13. The number of benzene rings is 1. The SMILES string of the molecule is CCCCCCCCCCCC[C@H]1CC[C@H](c2ccc(-c3ncc(C#N)c(F)n3)cc2)CC1. The van der Waals surface area contributed by atoms with Gasteiger partial charge >= 0.3 is 0 Å². The highest BCUT2D eigenvalue weighted by Gasteiger charge is 2.22. The fourth-order valence-electron chi connectivity index (χ4n) is 5.18. The van der Waals surface area contributed by atoms with Crippen LogP contribution in [-0.2, 0) is 0 Å². The average Bonchev–Trinajstić information content (AvgIpc) is 2.85. The van der Waals surface area contributed by atoms with Crippen molar-refractivity contribution < 1.29 is 4.39 Å². The molecular weight excluding hydrogens is 409 g/mol. The second kappa shape index (κ2) is 14.1. The van der Waals surface area contributed by atoms with E-state index < -0.39 is 5.95 Å². The predicted molar refractivity (Wildman–Crippen MR) is 133 cm³/mol. The molecule has 0 N–H and O–H groups in total. The van der Waals surface area contributed by atoms with Crippen LogP contribution >= 0.6 is 0 Å². The van der Waals surface area contributed by atoms with Crippen LogP contribution in [0.15, 0.2) is 30.5 Å². The molecule has 0 atom stereocenters. The number of unbranched alkanes of at least 4 members (excludes halogenated alkanes) is 9. The summed E-state index contributed by atoms with van der Waals surface area (Å²) in [5.74, 6) is 1.11. The lowest BCUT2D eigenvalue weighted by molar-refractivity contribution is 0.301. The molecule has 4 heteroatoms. The lowest BCUT2D eigenvalue weighted by Gasteiger charge is -2.29. The first-order valence-corrected chi connectivity index (χ1v) is 13.2. The van der Waals surface area contributed by atoms with Crippen molar-refractivity contribution in [2.45, 2.75) is 109 Å². The average molecular weight is 450 g/mol. The van der Waals surface area contributed by atoms with Crippen LogP contribution < -0.4 is 0 Å². The fourth-order valence-corrected chi connectivity index (χ4v) is 5.18. The van der Waals surface area contributed by atoms with Crippen LogP contribution in [0.2, 0.25) is 0 Å². The minimum absolute atomic E-state index is 0.120. The summed E-state index contributed by atoms with van der Waals surface area (Å²) < 4.78 is 13.8. The van der Waals surface area contributed by atoms with Crippen molar-refractivity contribution in [3.63, 3.8) is 0 Å². The number of halogens is 1. The molecule has 1 aromatic carbocycles. The Morgan fingerprint density at radius 2 is 1.48 bits per heavy atom. The molecular formula is C29H40FN3. The number of aromatic nitrogens is 2. The third kappa shape index (κ3) is 8.22. The molecule has 1 fully saturated rings. The molecule has 0 amide bonds. The van der Waals surface area contributed by atoms with Crippen molar-refractivity contribution in [3.05, 3.63) is 47.5 Å². The molecule has 1 aliphatic carbocycles. The van der Waals surface area contributed by atoms with E-state index in [0.29, 0.717) is 11.7 Å². The third-order valence-electron chi connectivity index (χ3n) is 7.32. The molecule has 3 rings (SSSR count). The van der Waals surface area contributed by atoms with Gasteiger partial charge in [0.1, 0.15) is 11.6 Å². The summed E-state index contributed by atoms with van der Waals surface area (Å²) in [6.07, 6.45) is 22.0. The number of nitrogens with zero attached hydrogens (tertiary/aromatic N) is 3. The topological polar surface area (TPSA) is 49.6 Å². The minimum atomic E-state index is -0.757. The Kier molecular flexibility index (Phi) is 10.8. The summed E-state index contributed by atoms with van der Waals surface area (Å²) in [5.41, 5.74) is 2.03. The van der Waals surface area contributed by atoms with Gasteiger partial charge in [-0.15, -0.1) is 0 Å². The zero-order chi connectivity index (χ0) is 23.3. The maximum absolute atomic E-state index is 13.8. The summed E-state index contributed by atoms with van der Waals surface area (Å²) in [4.78, 5) is 7.96. The standard InChI is InChI=1S/C29H40FN3/c1-2-3-4-5-6-7-8-9-10-11-12-23-13-15-24(16-14-23)25-17-19-26(20-18-25)29-32-22-27(21-31)28(30)33-29/h17-20,22-24H,2-16H2,1H3/t23-,24-. The van der Waals surface area contributed by atoms with Gasteiger partial charge in [-0.2, -0.15) is 14.6 Å². The Balaban J connectivity index is 1.32. The van der Waals surface area contributed by atoms with Gasteiger partial charge in [-0.1, -0.05) is 102 Å². The molecule has 0 unspecified atom stereocenters. The van der Waals surface area contributed by atoms with Gasteiger partial charge in [0.25, 0.3) is 0 Å². The first-order chi connectivity index (χ1) is 16.2. The molecule has 1 aromatic heterocycles. The van der Waals surface area contributed by atoms with Crippen LogP contribution in [0.1, 0.15) is 120 Å². The van der Waals surface area contributed by atoms with Crippen LogP contribution in [0.4, 0.5) is 4.39 Å². The molecule has 0 bridgehead atoms. The molecule has 178 valence electrons. The van der Waals surface area contributed by atoms with Crippen molar-refractivity contribution in [2.24, 2.45) is 5.92 Å². The highest BCUT2D eigenvalue weighted by molar-refractivity contribution is 5.55. The van der Waals surface area contributed by atoms with Crippen LogP contribution in [0.25, 0.3) is 11.4 Å². The van der Waals surface area contributed by atoms with Gasteiger partial charge in [0.05, 0.1) is 6.20 Å². The van der Waals surface area contributed by atoms with E-state index >= 15 is 0 Å². The van der Waals surface area contributed by atoms with E-state index in [-0.39, 0.29) is 5.56 Å². The van der Waals surface area contributed by atoms with Gasteiger partial charge < -0.3 is 0 Å². The largest absolute Gasteiger partial charge is 0.235 e. The highest BCUT2D eigenvalue weighted by Crippen LogP contribution is 2.38. The van der Waals surface area contributed by atoms with Crippen LogP contribution in [-0.4, -0.2) is 9.97 Å². The van der Waals surface area contributed by atoms with Crippen LogP contribution in [0.3, 0.4) is 0 Å².